The third kappa shape index (κ3) is 3.52. The third-order valence-electron chi connectivity index (χ3n) is 2.50. The second kappa shape index (κ2) is 6.76. The van der Waals surface area contributed by atoms with Gasteiger partial charge in [0.25, 0.3) is 0 Å². The Balaban J connectivity index is 2.25. The molecule has 0 aliphatic heterocycles. The number of para-hydroxylation sites is 1. The molecule has 4 nitrogen and oxygen atoms in total. The van der Waals surface area contributed by atoms with Gasteiger partial charge in [0.15, 0.2) is 11.5 Å². The van der Waals surface area contributed by atoms with Gasteiger partial charge in [0.1, 0.15) is 12.2 Å². The molecule has 0 aliphatic carbocycles. The van der Waals surface area contributed by atoms with Crippen molar-refractivity contribution >= 4 is 33.2 Å². The van der Waals surface area contributed by atoms with Gasteiger partial charge in [-0.05, 0) is 47.1 Å². The van der Waals surface area contributed by atoms with Crippen molar-refractivity contribution in [3.05, 3.63) is 44.6 Å². The number of halogens is 1. The maximum absolute atomic E-state index is 11.3. The quantitative estimate of drug-likeness (QED) is 0.843. The van der Waals surface area contributed by atoms with Crippen molar-refractivity contribution in [1.29, 1.82) is 0 Å². The minimum absolute atomic E-state index is 0.103. The highest BCUT2D eigenvalue weighted by Crippen LogP contribution is 2.33. The zero-order valence-corrected chi connectivity index (χ0v) is 13.2. The zero-order valence-electron chi connectivity index (χ0n) is 10.8. The summed E-state index contributed by atoms with van der Waals surface area (Å²) in [5, 5.41) is 9.22. The van der Waals surface area contributed by atoms with E-state index in [-0.39, 0.29) is 11.3 Å². The van der Waals surface area contributed by atoms with Crippen LogP contribution in [-0.2, 0) is 6.61 Å². The Morgan fingerprint density at radius 1 is 1.30 bits per heavy atom. The number of rotatable bonds is 6. The summed E-state index contributed by atoms with van der Waals surface area (Å²) < 4.78 is 12.1. The number of carbonyl (C=O) groups is 1. The van der Waals surface area contributed by atoms with Gasteiger partial charge in [0.05, 0.1) is 10.4 Å². The van der Waals surface area contributed by atoms with Crippen LogP contribution in [0.2, 0.25) is 0 Å². The number of aromatic carboxylic acids is 1. The molecule has 0 saturated carbocycles. The van der Waals surface area contributed by atoms with Crippen molar-refractivity contribution in [1.82, 2.24) is 0 Å². The molecule has 0 unspecified atom stereocenters. The molecular weight excluding hydrogens is 344 g/mol. The van der Waals surface area contributed by atoms with E-state index in [1.807, 2.05) is 19.1 Å². The summed E-state index contributed by atoms with van der Waals surface area (Å²) in [5.41, 5.74) is 0.103. The molecule has 0 fully saturated rings. The Morgan fingerprint density at radius 3 is 2.70 bits per heavy atom. The summed E-state index contributed by atoms with van der Waals surface area (Å²) in [6, 6.07) is 8.71. The molecule has 0 atom stereocenters. The number of carboxylic acid groups (broad SMARTS) is 1. The number of ether oxygens (including phenoxy) is 2. The summed E-state index contributed by atoms with van der Waals surface area (Å²) in [5.74, 6) is -0.316. The summed E-state index contributed by atoms with van der Waals surface area (Å²) >= 11 is 4.92. The molecule has 6 heteroatoms. The molecule has 1 aromatic carbocycles. The van der Waals surface area contributed by atoms with Gasteiger partial charge < -0.3 is 14.6 Å². The molecule has 2 rings (SSSR count). The van der Waals surface area contributed by atoms with Gasteiger partial charge in [-0.2, -0.15) is 0 Å². The maximum Gasteiger partial charge on any atom is 0.339 e. The molecule has 1 heterocycles. The topological polar surface area (TPSA) is 55.8 Å². The van der Waals surface area contributed by atoms with E-state index in [1.165, 1.54) is 6.07 Å². The average molecular weight is 357 g/mol. The van der Waals surface area contributed by atoms with E-state index in [0.717, 1.165) is 8.66 Å². The molecule has 1 N–H and O–H groups in total. The summed E-state index contributed by atoms with van der Waals surface area (Å²) in [6.07, 6.45) is 0. The fraction of sp³-hybridized carbons (Fsp3) is 0.214. The lowest BCUT2D eigenvalue weighted by Gasteiger charge is -2.13. The number of thiophene rings is 1. The van der Waals surface area contributed by atoms with Gasteiger partial charge in [-0.15, -0.1) is 11.3 Å². The number of benzene rings is 1. The van der Waals surface area contributed by atoms with Crippen LogP contribution in [-0.4, -0.2) is 17.7 Å². The Bertz CT molecular complexity index is 609. The molecule has 0 saturated heterocycles. The lowest BCUT2D eigenvalue weighted by molar-refractivity contribution is 0.0690. The van der Waals surface area contributed by atoms with Crippen LogP contribution in [0, 0.1) is 0 Å². The van der Waals surface area contributed by atoms with Crippen molar-refractivity contribution in [3.63, 3.8) is 0 Å². The van der Waals surface area contributed by atoms with Gasteiger partial charge >= 0.3 is 5.97 Å². The van der Waals surface area contributed by atoms with E-state index in [2.05, 4.69) is 15.9 Å². The van der Waals surface area contributed by atoms with Gasteiger partial charge in [0.2, 0.25) is 0 Å². The van der Waals surface area contributed by atoms with Crippen LogP contribution in [0.1, 0.15) is 22.2 Å². The van der Waals surface area contributed by atoms with Gasteiger partial charge in [-0.25, -0.2) is 4.79 Å². The highest BCUT2D eigenvalue weighted by molar-refractivity contribution is 9.11. The third-order valence-corrected chi connectivity index (χ3v) is 4.09. The minimum atomic E-state index is -1.03. The van der Waals surface area contributed by atoms with Crippen molar-refractivity contribution in [2.45, 2.75) is 13.5 Å². The van der Waals surface area contributed by atoms with Crippen LogP contribution in [0.3, 0.4) is 0 Å². The smallest absolute Gasteiger partial charge is 0.339 e. The highest BCUT2D eigenvalue weighted by Gasteiger charge is 2.16. The number of hydrogen-bond acceptors (Lipinski definition) is 4. The molecule has 0 amide bonds. The summed E-state index contributed by atoms with van der Waals surface area (Å²) in [4.78, 5) is 12.3. The van der Waals surface area contributed by atoms with Crippen molar-refractivity contribution < 1.29 is 19.4 Å². The van der Waals surface area contributed by atoms with Crippen molar-refractivity contribution in [3.8, 4) is 11.5 Å². The van der Waals surface area contributed by atoms with E-state index >= 15 is 0 Å². The zero-order chi connectivity index (χ0) is 14.5. The van der Waals surface area contributed by atoms with E-state index < -0.39 is 5.97 Å². The monoisotopic (exact) mass is 356 g/mol. The first-order valence-corrected chi connectivity index (χ1v) is 7.59. The Kier molecular flexibility index (Phi) is 5.03. The van der Waals surface area contributed by atoms with Crippen LogP contribution in [0.15, 0.2) is 34.1 Å². The van der Waals surface area contributed by atoms with Crippen LogP contribution in [0.5, 0.6) is 11.5 Å². The normalized spacial score (nSPS) is 10.3. The Morgan fingerprint density at radius 2 is 2.10 bits per heavy atom. The second-order valence-corrected chi connectivity index (χ2v) is 6.41. The molecule has 2 aromatic rings. The van der Waals surface area contributed by atoms with E-state index in [9.17, 15) is 9.90 Å². The van der Waals surface area contributed by atoms with E-state index in [0.29, 0.717) is 19.0 Å². The molecule has 106 valence electrons. The Labute approximate surface area is 129 Å². The lowest BCUT2D eigenvalue weighted by Crippen LogP contribution is -2.05. The molecule has 0 radical (unpaired) electrons. The maximum atomic E-state index is 11.3. The molecule has 0 bridgehead atoms. The number of carboxylic acids is 1. The lowest BCUT2D eigenvalue weighted by atomic mass is 10.2. The van der Waals surface area contributed by atoms with Crippen LogP contribution >= 0.6 is 27.3 Å². The largest absolute Gasteiger partial charge is 0.490 e. The van der Waals surface area contributed by atoms with Gasteiger partial charge in [-0.1, -0.05) is 6.07 Å². The highest BCUT2D eigenvalue weighted by atomic mass is 79.9. The predicted molar refractivity (Wildman–Crippen MR) is 80.9 cm³/mol. The van der Waals surface area contributed by atoms with Crippen molar-refractivity contribution in [2.75, 3.05) is 6.61 Å². The minimum Gasteiger partial charge on any atom is -0.490 e. The first kappa shape index (κ1) is 14.9. The molecule has 20 heavy (non-hydrogen) atoms. The fourth-order valence-electron chi connectivity index (χ4n) is 1.67. The average Bonchev–Trinajstić information content (AvgIpc) is 2.83. The standard InChI is InChI=1S/C14H13BrO4S/c1-2-18-11-5-3-4-10(14(16)17)13(11)19-8-9-6-7-12(15)20-9/h3-7H,2,8H2,1H3,(H,16,17). The first-order valence-electron chi connectivity index (χ1n) is 5.98. The first-order chi connectivity index (χ1) is 9.61. The number of hydrogen-bond donors (Lipinski definition) is 1. The second-order valence-electron chi connectivity index (χ2n) is 3.87. The van der Waals surface area contributed by atoms with E-state index in [4.69, 9.17) is 9.47 Å². The van der Waals surface area contributed by atoms with Crippen LogP contribution in [0.25, 0.3) is 0 Å². The SMILES string of the molecule is CCOc1cccc(C(=O)O)c1OCc1ccc(Br)s1. The fourth-order valence-corrected chi connectivity index (χ4v) is 3.07. The molecule has 0 spiro atoms. The van der Waals surface area contributed by atoms with E-state index in [1.54, 1.807) is 23.5 Å². The van der Waals surface area contributed by atoms with Gasteiger partial charge in [0, 0.05) is 4.88 Å². The van der Waals surface area contributed by atoms with Crippen LogP contribution < -0.4 is 9.47 Å². The van der Waals surface area contributed by atoms with Crippen molar-refractivity contribution in [2.24, 2.45) is 0 Å². The Hall–Kier alpha value is -1.53. The van der Waals surface area contributed by atoms with Crippen LogP contribution in [0.4, 0.5) is 0 Å². The summed E-state index contributed by atoms with van der Waals surface area (Å²) in [7, 11) is 0. The molecule has 0 aliphatic rings. The molecule has 1 aromatic heterocycles. The summed E-state index contributed by atoms with van der Waals surface area (Å²) in [6.45, 7) is 2.60. The predicted octanol–water partition coefficient (Wildman–Crippen LogP) is 4.19. The molecular formula is C14H13BrO4S. The van der Waals surface area contributed by atoms with Gasteiger partial charge in [-0.3, -0.25) is 0 Å².